The molecule has 0 radical (unpaired) electrons. The highest BCUT2D eigenvalue weighted by atomic mass is 19.1. The number of ether oxygens (including phenoxy) is 2. The van der Waals surface area contributed by atoms with Crippen LogP contribution < -0.4 is 9.47 Å². The molecule has 0 heterocycles. The average Bonchev–Trinajstić information content (AvgIpc) is 2.42. The fraction of sp³-hybridized carbons (Fsp3) is 0.333. The lowest BCUT2D eigenvalue weighted by molar-refractivity contribution is 0.239. The molecule has 0 unspecified atom stereocenters. The number of rotatable bonds is 6. The molecular weight excluding hydrogens is 286 g/mol. The molecule has 0 spiro atoms. The lowest BCUT2D eigenvalue weighted by atomic mass is 10.1. The van der Waals surface area contributed by atoms with E-state index >= 15 is 0 Å². The lowest BCUT2D eigenvalue weighted by Gasteiger charge is -2.12. The van der Waals surface area contributed by atoms with Crippen molar-refractivity contribution in [2.75, 3.05) is 13.2 Å². The molecule has 4 heteroatoms. The van der Waals surface area contributed by atoms with Gasteiger partial charge in [0.2, 0.25) is 0 Å². The fourth-order valence-corrected chi connectivity index (χ4v) is 2.28. The van der Waals surface area contributed by atoms with Crippen LogP contribution in [0.25, 0.3) is 0 Å². The second-order valence-corrected chi connectivity index (χ2v) is 5.35. The third kappa shape index (κ3) is 4.20. The molecule has 0 aliphatic carbocycles. The van der Waals surface area contributed by atoms with E-state index in [2.05, 4.69) is 0 Å². The van der Waals surface area contributed by atoms with Gasteiger partial charge in [0.15, 0.2) is 11.6 Å². The van der Waals surface area contributed by atoms with E-state index in [-0.39, 0.29) is 11.6 Å². The first kappa shape index (κ1) is 16.3. The van der Waals surface area contributed by atoms with Gasteiger partial charge in [-0.3, -0.25) is 0 Å². The SMILES string of the molecule is Cc1cc(C)c(OCCCOc2ccc(F)cc2C)c(F)c1. The first-order valence-electron chi connectivity index (χ1n) is 7.26. The Morgan fingerprint density at radius 3 is 2.27 bits per heavy atom. The summed E-state index contributed by atoms with van der Waals surface area (Å²) in [5.74, 6) is 0.328. The van der Waals surface area contributed by atoms with E-state index in [0.717, 1.165) is 16.7 Å². The molecule has 0 fully saturated rings. The molecular formula is C18H20F2O2. The number of hydrogen-bond donors (Lipinski definition) is 0. The smallest absolute Gasteiger partial charge is 0.165 e. The molecule has 0 amide bonds. The Morgan fingerprint density at radius 2 is 1.59 bits per heavy atom. The van der Waals surface area contributed by atoms with Crippen molar-refractivity contribution in [3.8, 4) is 11.5 Å². The molecule has 0 bridgehead atoms. The van der Waals surface area contributed by atoms with Crippen LogP contribution in [0, 0.1) is 32.4 Å². The maximum absolute atomic E-state index is 13.8. The summed E-state index contributed by atoms with van der Waals surface area (Å²) in [6, 6.07) is 7.74. The molecule has 0 N–H and O–H groups in total. The summed E-state index contributed by atoms with van der Waals surface area (Å²) in [5.41, 5.74) is 2.41. The van der Waals surface area contributed by atoms with Gasteiger partial charge in [-0.15, -0.1) is 0 Å². The summed E-state index contributed by atoms with van der Waals surface area (Å²) >= 11 is 0. The van der Waals surface area contributed by atoms with Crippen LogP contribution in [0.1, 0.15) is 23.1 Å². The van der Waals surface area contributed by atoms with Crippen LogP contribution in [-0.2, 0) is 0 Å². The van der Waals surface area contributed by atoms with Crippen LogP contribution in [0.5, 0.6) is 11.5 Å². The van der Waals surface area contributed by atoms with Crippen LogP contribution in [0.15, 0.2) is 30.3 Å². The Bertz CT molecular complexity index is 631. The molecule has 0 atom stereocenters. The Balaban J connectivity index is 1.80. The van der Waals surface area contributed by atoms with Gasteiger partial charge in [-0.05, 0) is 61.7 Å². The van der Waals surface area contributed by atoms with Crippen molar-refractivity contribution in [2.45, 2.75) is 27.2 Å². The minimum absolute atomic E-state index is 0.279. The van der Waals surface area contributed by atoms with E-state index in [1.165, 1.54) is 18.2 Å². The van der Waals surface area contributed by atoms with Crippen LogP contribution in [-0.4, -0.2) is 13.2 Å². The third-order valence-corrected chi connectivity index (χ3v) is 3.30. The molecule has 0 aliphatic rings. The summed E-state index contributed by atoms with van der Waals surface area (Å²) in [6.07, 6.45) is 0.615. The van der Waals surface area contributed by atoms with Crippen molar-refractivity contribution in [1.82, 2.24) is 0 Å². The minimum Gasteiger partial charge on any atom is -0.493 e. The zero-order chi connectivity index (χ0) is 16.1. The third-order valence-electron chi connectivity index (χ3n) is 3.30. The van der Waals surface area contributed by atoms with E-state index in [1.54, 1.807) is 13.0 Å². The van der Waals surface area contributed by atoms with Gasteiger partial charge in [0, 0.05) is 6.42 Å². The van der Waals surface area contributed by atoms with Gasteiger partial charge >= 0.3 is 0 Å². The van der Waals surface area contributed by atoms with Gasteiger partial charge in [0.25, 0.3) is 0 Å². The Labute approximate surface area is 129 Å². The minimum atomic E-state index is -0.340. The molecule has 0 aliphatic heterocycles. The molecule has 0 saturated carbocycles. The lowest BCUT2D eigenvalue weighted by Crippen LogP contribution is -2.07. The van der Waals surface area contributed by atoms with Gasteiger partial charge in [0.05, 0.1) is 13.2 Å². The van der Waals surface area contributed by atoms with Crippen LogP contribution in [0.3, 0.4) is 0 Å². The molecule has 2 aromatic carbocycles. The number of hydrogen-bond acceptors (Lipinski definition) is 2. The van der Waals surface area contributed by atoms with E-state index in [4.69, 9.17) is 9.47 Å². The zero-order valence-electron chi connectivity index (χ0n) is 13.1. The maximum Gasteiger partial charge on any atom is 0.165 e. The number of aryl methyl sites for hydroxylation is 3. The van der Waals surface area contributed by atoms with Gasteiger partial charge in [0.1, 0.15) is 11.6 Å². The van der Waals surface area contributed by atoms with Crippen molar-refractivity contribution in [3.05, 3.63) is 58.7 Å². The molecule has 2 aromatic rings. The molecule has 2 rings (SSSR count). The fourth-order valence-electron chi connectivity index (χ4n) is 2.28. The summed E-state index contributed by atoms with van der Waals surface area (Å²) in [7, 11) is 0. The zero-order valence-corrected chi connectivity index (χ0v) is 13.1. The summed E-state index contributed by atoms with van der Waals surface area (Å²) < 4.78 is 37.8. The number of benzene rings is 2. The van der Waals surface area contributed by atoms with Gasteiger partial charge in [-0.2, -0.15) is 0 Å². The maximum atomic E-state index is 13.8. The van der Waals surface area contributed by atoms with Crippen molar-refractivity contribution in [3.63, 3.8) is 0 Å². The van der Waals surface area contributed by atoms with Crippen LogP contribution in [0.4, 0.5) is 8.78 Å². The average molecular weight is 306 g/mol. The van der Waals surface area contributed by atoms with E-state index < -0.39 is 0 Å². The quantitative estimate of drug-likeness (QED) is 0.718. The van der Waals surface area contributed by atoms with Gasteiger partial charge in [-0.1, -0.05) is 6.07 Å². The van der Waals surface area contributed by atoms with Gasteiger partial charge < -0.3 is 9.47 Å². The Morgan fingerprint density at radius 1 is 0.864 bits per heavy atom. The van der Waals surface area contributed by atoms with E-state index in [0.29, 0.717) is 31.1 Å². The number of halogens is 2. The summed E-state index contributed by atoms with van der Waals surface area (Å²) in [4.78, 5) is 0. The van der Waals surface area contributed by atoms with Crippen LogP contribution in [0.2, 0.25) is 0 Å². The van der Waals surface area contributed by atoms with Crippen molar-refractivity contribution < 1.29 is 18.3 Å². The Hall–Kier alpha value is -2.10. The van der Waals surface area contributed by atoms with Gasteiger partial charge in [-0.25, -0.2) is 8.78 Å². The molecule has 0 aromatic heterocycles. The van der Waals surface area contributed by atoms with E-state index in [1.807, 2.05) is 19.9 Å². The highest BCUT2D eigenvalue weighted by Gasteiger charge is 2.08. The molecule has 22 heavy (non-hydrogen) atoms. The molecule has 118 valence electrons. The standard InChI is InChI=1S/C18H20F2O2/c1-12-9-14(3)18(16(20)10-12)22-8-4-7-21-17-6-5-15(19)11-13(17)2/h5-6,9-11H,4,7-8H2,1-3H3. The van der Waals surface area contributed by atoms with Crippen LogP contribution >= 0.6 is 0 Å². The predicted octanol–water partition coefficient (Wildman–Crippen LogP) is 4.74. The van der Waals surface area contributed by atoms with Crippen molar-refractivity contribution >= 4 is 0 Å². The predicted molar refractivity (Wildman–Crippen MR) is 82.6 cm³/mol. The highest BCUT2D eigenvalue weighted by molar-refractivity contribution is 5.37. The Kier molecular flexibility index (Phi) is 5.36. The monoisotopic (exact) mass is 306 g/mol. The second kappa shape index (κ2) is 7.25. The summed E-state index contributed by atoms with van der Waals surface area (Å²) in [5, 5.41) is 0. The van der Waals surface area contributed by atoms with Crippen molar-refractivity contribution in [1.29, 1.82) is 0 Å². The molecule has 2 nitrogen and oxygen atoms in total. The highest BCUT2D eigenvalue weighted by Crippen LogP contribution is 2.24. The first-order chi connectivity index (χ1) is 10.5. The topological polar surface area (TPSA) is 18.5 Å². The largest absolute Gasteiger partial charge is 0.493 e. The second-order valence-electron chi connectivity index (χ2n) is 5.35. The first-order valence-corrected chi connectivity index (χ1v) is 7.26. The van der Waals surface area contributed by atoms with E-state index in [9.17, 15) is 8.78 Å². The van der Waals surface area contributed by atoms with Crippen molar-refractivity contribution in [2.24, 2.45) is 0 Å². The molecule has 0 saturated heterocycles. The normalized spacial score (nSPS) is 10.6. The summed E-state index contributed by atoms with van der Waals surface area (Å²) in [6.45, 7) is 6.25.